The van der Waals surface area contributed by atoms with Crippen molar-refractivity contribution in [1.82, 2.24) is 0 Å². The summed E-state index contributed by atoms with van der Waals surface area (Å²) in [6, 6.07) is 4.19. The second kappa shape index (κ2) is 4.27. The number of carboxylic acid groups (broad SMARTS) is 1. The highest BCUT2D eigenvalue weighted by molar-refractivity contribution is 5.77. The van der Waals surface area contributed by atoms with E-state index in [4.69, 9.17) is 9.84 Å². The number of carbonyl (C=O) groups is 2. The van der Waals surface area contributed by atoms with Gasteiger partial charge in [-0.1, -0.05) is 0 Å². The highest BCUT2D eigenvalue weighted by Crippen LogP contribution is 2.27. The summed E-state index contributed by atoms with van der Waals surface area (Å²) in [5.74, 6) is 0.266. The molecule has 5 heteroatoms. The average molecular weight is 196 g/mol. The van der Waals surface area contributed by atoms with Gasteiger partial charge in [-0.15, -0.1) is 0 Å². The molecule has 0 spiro atoms. The Morgan fingerprint density at radius 3 is 2.64 bits per heavy atom. The Morgan fingerprint density at radius 2 is 2.14 bits per heavy atom. The molecule has 0 heterocycles. The standard InChI is InChI=1S/C9H8O5/c1-13-8-4-6(5-10)2-3-7(8)14-9(11)12/h2-5H,1H3,(H,11,12). The van der Waals surface area contributed by atoms with Crippen molar-refractivity contribution < 1.29 is 24.2 Å². The third kappa shape index (κ3) is 2.22. The maximum Gasteiger partial charge on any atom is 0.511 e. The second-order valence-electron chi connectivity index (χ2n) is 2.40. The fourth-order valence-corrected chi connectivity index (χ4v) is 0.936. The largest absolute Gasteiger partial charge is 0.511 e. The number of methoxy groups -OCH3 is 1. The maximum atomic E-state index is 10.4. The van der Waals surface area contributed by atoms with Gasteiger partial charge in [-0.2, -0.15) is 0 Å². The topological polar surface area (TPSA) is 72.8 Å². The number of ether oxygens (including phenoxy) is 2. The fourth-order valence-electron chi connectivity index (χ4n) is 0.936. The van der Waals surface area contributed by atoms with Crippen molar-refractivity contribution in [3.63, 3.8) is 0 Å². The van der Waals surface area contributed by atoms with Crippen molar-refractivity contribution in [2.45, 2.75) is 0 Å². The molecule has 0 saturated heterocycles. The van der Waals surface area contributed by atoms with Crippen molar-refractivity contribution in [2.75, 3.05) is 7.11 Å². The number of rotatable bonds is 3. The van der Waals surface area contributed by atoms with Crippen LogP contribution in [0, 0.1) is 0 Å². The van der Waals surface area contributed by atoms with Crippen LogP contribution in [0.4, 0.5) is 4.79 Å². The van der Waals surface area contributed by atoms with Crippen molar-refractivity contribution in [2.24, 2.45) is 0 Å². The smallest absolute Gasteiger partial charge is 0.493 e. The third-order valence-electron chi connectivity index (χ3n) is 1.52. The van der Waals surface area contributed by atoms with E-state index >= 15 is 0 Å². The van der Waals surface area contributed by atoms with Gasteiger partial charge in [0, 0.05) is 5.56 Å². The van der Waals surface area contributed by atoms with Crippen LogP contribution in [0.2, 0.25) is 0 Å². The quantitative estimate of drug-likeness (QED) is 0.451. The Kier molecular flexibility index (Phi) is 3.06. The van der Waals surface area contributed by atoms with Crippen LogP contribution >= 0.6 is 0 Å². The molecule has 0 aliphatic carbocycles. The zero-order valence-electron chi connectivity index (χ0n) is 7.39. The summed E-state index contributed by atoms with van der Waals surface area (Å²) in [5.41, 5.74) is 0.389. The van der Waals surface area contributed by atoms with E-state index in [1.54, 1.807) is 0 Å². The van der Waals surface area contributed by atoms with E-state index in [0.717, 1.165) is 0 Å². The molecule has 1 rings (SSSR count). The summed E-state index contributed by atoms with van der Waals surface area (Å²) < 4.78 is 9.25. The van der Waals surface area contributed by atoms with E-state index < -0.39 is 6.16 Å². The predicted octanol–water partition coefficient (Wildman–Crippen LogP) is 1.56. The highest BCUT2D eigenvalue weighted by atomic mass is 16.7. The van der Waals surface area contributed by atoms with Crippen LogP contribution in [0.3, 0.4) is 0 Å². The van der Waals surface area contributed by atoms with Crippen molar-refractivity contribution in [3.8, 4) is 11.5 Å². The Bertz CT molecular complexity index is 358. The molecular weight excluding hydrogens is 188 g/mol. The molecule has 14 heavy (non-hydrogen) atoms. The van der Waals surface area contributed by atoms with Crippen LogP contribution in [0.5, 0.6) is 11.5 Å². The van der Waals surface area contributed by atoms with E-state index in [0.29, 0.717) is 11.8 Å². The lowest BCUT2D eigenvalue weighted by molar-refractivity contribution is 0.112. The van der Waals surface area contributed by atoms with E-state index in [1.165, 1.54) is 25.3 Å². The number of benzene rings is 1. The zero-order valence-corrected chi connectivity index (χ0v) is 7.39. The van der Waals surface area contributed by atoms with Gasteiger partial charge < -0.3 is 14.6 Å². The molecule has 1 aromatic carbocycles. The van der Waals surface area contributed by atoms with Gasteiger partial charge in [-0.25, -0.2) is 4.79 Å². The van der Waals surface area contributed by atoms with Gasteiger partial charge >= 0.3 is 6.16 Å². The van der Waals surface area contributed by atoms with Crippen molar-refractivity contribution in [3.05, 3.63) is 23.8 Å². The van der Waals surface area contributed by atoms with Crippen LogP contribution in [0.1, 0.15) is 10.4 Å². The van der Waals surface area contributed by atoms with E-state index in [-0.39, 0.29) is 11.5 Å². The molecule has 0 aliphatic heterocycles. The summed E-state index contributed by atoms with van der Waals surface area (Å²) in [4.78, 5) is 20.6. The number of aldehydes is 1. The third-order valence-corrected chi connectivity index (χ3v) is 1.52. The van der Waals surface area contributed by atoms with Gasteiger partial charge in [-0.05, 0) is 18.2 Å². The van der Waals surface area contributed by atoms with Crippen LogP contribution < -0.4 is 9.47 Å². The summed E-state index contributed by atoms with van der Waals surface area (Å²) in [5, 5.41) is 8.37. The molecule has 1 aromatic rings. The van der Waals surface area contributed by atoms with Crippen LogP contribution in [-0.4, -0.2) is 24.7 Å². The molecule has 0 radical (unpaired) electrons. The first-order valence-electron chi connectivity index (χ1n) is 3.71. The lowest BCUT2D eigenvalue weighted by atomic mass is 10.2. The first kappa shape index (κ1) is 10.0. The van der Waals surface area contributed by atoms with Crippen LogP contribution in [0.15, 0.2) is 18.2 Å². The molecule has 0 fully saturated rings. The van der Waals surface area contributed by atoms with E-state index in [2.05, 4.69) is 4.74 Å². The average Bonchev–Trinajstić information content (AvgIpc) is 2.17. The van der Waals surface area contributed by atoms with Crippen LogP contribution in [0.25, 0.3) is 0 Å². The molecule has 0 atom stereocenters. The summed E-state index contributed by atoms with van der Waals surface area (Å²) in [7, 11) is 1.36. The predicted molar refractivity (Wildman–Crippen MR) is 47.0 cm³/mol. The molecule has 0 amide bonds. The molecule has 0 saturated carbocycles. The highest BCUT2D eigenvalue weighted by Gasteiger charge is 2.08. The van der Waals surface area contributed by atoms with E-state index in [9.17, 15) is 9.59 Å². The molecule has 0 aromatic heterocycles. The minimum absolute atomic E-state index is 0.0607. The Balaban J connectivity index is 3.04. The first-order chi connectivity index (χ1) is 6.67. The summed E-state index contributed by atoms with van der Waals surface area (Å²) in [6.45, 7) is 0. The normalized spacial score (nSPS) is 9.21. The van der Waals surface area contributed by atoms with Gasteiger partial charge in [0.2, 0.25) is 0 Å². The van der Waals surface area contributed by atoms with E-state index in [1.807, 2.05) is 0 Å². The molecule has 0 aliphatic rings. The fraction of sp³-hybridized carbons (Fsp3) is 0.111. The minimum Gasteiger partial charge on any atom is -0.493 e. The number of carbonyl (C=O) groups excluding carboxylic acids is 1. The van der Waals surface area contributed by atoms with Gasteiger partial charge in [-0.3, -0.25) is 4.79 Å². The molecular formula is C9H8O5. The Hall–Kier alpha value is -2.04. The summed E-state index contributed by atoms with van der Waals surface area (Å²) in [6.07, 6.45) is -0.797. The van der Waals surface area contributed by atoms with Gasteiger partial charge in [0.05, 0.1) is 7.11 Å². The van der Waals surface area contributed by atoms with Crippen molar-refractivity contribution in [1.29, 1.82) is 0 Å². The Morgan fingerprint density at radius 1 is 1.43 bits per heavy atom. The first-order valence-corrected chi connectivity index (χ1v) is 3.71. The second-order valence-corrected chi connectivity index (χ2v) is 2.40. The van der Waals surface area contributed by atoms with Gasteiger partial charge in [0.25, 0.3) is 0 Å². The lowest BCUT2D eigenvalue weighted by Gasteiger charge is -2.06. The molecule has 5 nitrogen and oxygen atoms in total. The molecule has 1 N–H and O–H groups in total. The van der Waals surface area contributed by atoms with Gasteiger partial charge in [0.15, 0.2) is 11.5 Å². The Labute approximate surface area is 79.9 Å². The molecule has 0 bridgehead atoms. The number of hydrogen-bond donors (Lipinski definition) is 1. The lowest BCUT2D eigenvalue weighted by Crippen LogP contribution is -2.04. The summed E-state index contributed by atoms with van der Waals surface area (Å²) >= 11 is 0. The molecule has 74 valence electrons. The van der Waals surface area contributed by atoms with Gasteiger partial charge in [0.1, 0.15) is 6.29 Å². The molecule has 0 unspecified atom stereocenters. The van der Waals surface area contributed by atoms with Crippen LogP contribution in [-0.2, 0) is 0 Å². The monoisotopic (exact) mass is 196 g/mol. The maximum absolute atomic E-state index is 10.4. The SMILES string of the molecule is COc1cc(C=O)ccc1OC(=O)O. The zero-order chi connectivity index (χ0) is 10.6. The number of hydrogen-bond acceptors (Lipinski definition) is 4. The van der Waals surface area contributed by atoms with Crippen molar-refractivity contribution >= 4 is 12.4 Å². The minimum atomic E-state index is -1.43.